The zero-order valence-corrected chi connectivity index (χ0v) is 16.6. The molecule has 1 saturated heterocycles. The van der Waals surface area contributed by atoms with E-state index in [2.05, 4.69) is 15.5 Å². The number of ether oxygens (including phenoxy) is 1. The maximum absolute atomic E-state index is 12.3. The van der Waals surface area contributed by atoms with Crippen molar-refractivity contribution in [2.24, 2.45) is 0 Å². The second-order valence-electron chi connectivity index (χ2n) is 6.15. The number of halogens is 1. The van der Waals surface area contributed by atoms with E-state index >= 15 is 0 Å². The van der Waals surface area contributed by atoms with Crippen LogP contribution in [0.2, 0.25) is 5.02 Å². The van der Waals surface area contributed by atoms with Gasteiger partial charge in [-0.2, -0.15) is 5.26 Å². The van der Waals surface area contributed by atoms with Crippen molar-refractivity contribution in [3.05, 3.63) is 51.2 Å². The Morgan fingerprint density at radius 3 is 2.71 bits per heavy atom. The molecule has 28 heavy (non-hydrogen) atoms. The minimum atomic E-state index is -0.785. The fourth-order valence-corrected chi connectivity index (χ4v) is 4.00. The van der Waals surface area contributed by atoms with E-state index in [-0.39, 0.29) is 11.1 Å². The predicted molar refractivity (Wildman–Crippen MR) is 107 cm³/mol. The highest BCUT2D eigenvalue weighted by Crippen LogP contribution is 2.25. The standard InChI is InChI=1S/C19H19ClN4O3S/c20-15-10-14(4-3-13(15)11-21)23-19(26)18(25)22-12-16(17-2-1-9-28-17)24-5-7-27-8-6-24/h1-4,9-10,16H,5-8,12H2,(H,22,25)(H,23,26)/t16-/m0/s1. The molecule has 1 fully saturated rings. The van der Waals surface area contributed by atoms with E-state index in [1.165, 1.54) is 18.2 Å². The lowest BCUT2D eigenvalue weighted by Gasteiger charge is -2.34. The summed E-state index contributed by atoms with van der Waals surface area (Å²) < 4.78 is 5.40. The van der Waals surface area contributed by atoms with E-state index in [0.717, 1.165) is 18.0 Å². The number of hydrogen-bond acceptors (Lipinski definition) is 6. The Hall–Kier alpha value is -2.44. The number of anilines is 1. The van der Waals surface area contributed by atoms with Gasteiger partial charge in [0.05, 0.1) is 29.8 Å². The van der Waals surface area contributed by atoms with Crippen LogP contribution in [0.5, 0.6) is 0 Å². The molecule has 0 saturated carbocycles. The Kier molecular flexibility index (Phi) is 7.01. The molecule has 0 radical (unpaired) electrons. The molecule has 1 aliphatic heterocycles. The first-order valence-corrected chi connectivity index (χ1v) is 9.98. The highest BCUT2D eigenvalue weighted by molar-refractivity contribution is 7.10. The first kappa shape index (κ1) is 20.3. The smallest absolute Gasteiger partial charge is 0.313 e. The highest BCUT2D eigenvalue weighted by Gasteiger charge is 2.25. The number of hydrogen-bond donors (Lipinski definition) is 2. The van der Waals surface area contributed by atoms with E-state index in [9.17, 15) is 9.59 Å². The number of nitrogens with one attached hydrogen (secondary N) is 2. The number of benzene rings is 1. The molecule has 1 aromatic heterocycles. The van der Waals surface area contributed by atoms with Crippen LogP contribution in [0.1, 0.15) is 16.5 Å². The van der Waals surface area contributed by atoms with Gasteiger partial charge < -0.3 is 15.4 Å². The van der Waals surface area contributed by atoms with E-state index in [4.69, 9.17) is 21.6 Å². The lowest BCUT2D eigenvalue weighted by Crippen LogP contribution is -2.45. The van der Waals surface area contributed by atoms with Crippen molar-refractivity contribution in [3.8, 4) is 6.07 Å². The van der Waals surface area contributed by atoms with Crippen molar-refractivity contribution in [2.45, 2.75) is 6.04 Å². The Morgan fingerprint density at radius 1 is 1.29 bits per heavy atom. The third-order valence-corrected chi connectivity index (χ3v) is 5.65. The Bertz CT molecular complexity index is 876. The van der Waals surface area contributed by atoms with Crippen LogP contribution < -0.4 is 10.6 Å². The minimum absolute atomic E-state index is 0.00925. The number of carbonyl (C=O) groups excluding carboxylic acids is 2. The molecular formula is C19H19ClN4O3S. The van der Waals surface area contributed by atoms with Gasteiger partial charge in [0.2, 0.25) is 0 Å². The van der Waals surface area contributed by atoms with Gasteiger partial charge in [0, 0.05) is 30.2 Å². The van der Waals surface area contributed by atoms with Crippen LogP contribution in [0.3, 0.4) is 0 Å². The van der Waals surface area contributed by atoms with Gasteiger partial charge in [0.25, 0.3) is 0 Å². The molecule has 1 atom stereocenters. The Balaban J connectivity index is 1.60. The summed E-state index contributed by atoms with van der Waals surface area (Å²) in [7, 11) is 0. The first-order valence-electron chi connectivity index (χ1n) is 8.72. The molecular weight excluding hydrogens is 400 g/mol. The van der Waals surface area contributed by atoms with Crippen molar-refractivity contribution < 1.29 is 14.3 Å². The largest absolute Gasteiger partial charge is 0.379 e. The van der Waals surface area contributed by atoms with Crippen LogP contribution in [-0.4, -0.2) is 49.6 Å². The van der Waals surface area contributed by atoms with Crippen LogP contribution >= 0.6 is 22.9 Å². The molecule has 2 heterocycles. The number of morpholine rings is 1. The van der Waals surface area contributed by atoms with Crippen molar-refractivity contribution >= 4 is 40.4 Å². The molecule has 0 bridgehead atoms. The molecule has 3 rings (SSSR count). The molecule has 2 aromatic rings. The summed E-state index contributed by atoms with van der Waals surface area (Å²) >= 11 is 7.57. The van der Waals surface area contributed by atoms with Crippen LogP contribution in [0.4, 0.5) is 5.69 Å². The van der Waals surface area contributed by atoms with E-state index in [0.29, 0.717) is 31.0 Å². The number of nitriles is 1. The summed E-state index contributed by atoms with van der Waals surface area (Å²) in [4.78, 5) is 27.8. The van der Waals surface area contributed by atoms with Crippen LogP contribution in [0, 0.1) is 11.3 Å². The van der Waals surface area contributed by atoms with Crippen molar-refractivity contribution in [3.63, 3.8) is 0 Å². The number of amides is 2. The van der Waals surface area contributed by atoms with Crippen molar-refractivity contribution in [1.29, 1.82) is 5.26 Å². The maximum atomic E-state index is 12.3. The maximum Gasteiger partial charge on any atom is 0.313 e. The SMILES string of the molecule is N#Cc1ccc(NC(=O)C(=O)NC[C@@H](c2cccs2)N2CCOCC2)cc1Cl. The average molecular weight is 419 g/mol. The molecule has 1 aromatic carbocycles. The third-order valence-electron chi connectivity index (χ3n) is 4.37. The molecule has 2 amide bonds. The third kappa shape index (κ3) is 5.09. The summed E-state index contributed by atoms with van der Waals surface area (Å²) in [6.07, 6.45) is 0. The zero-order chi connectivity index (χ0) is 19.9. The average Bonchev–Trinajstić information content (AvgIpc) is 3.23. The first-order chi connectivity index (χ1) is 13.6. The molecule has 9 heteroatoms. The Labute approximate surface area is 171 Å². The molecule has 0 unspecified atom stereocenters. The van der Waals surface area contributed by atoms with Gasteiger partial charge in [-0.3, -0.25) is 14.5 Å². The van der Waals surface area contributed by atoms with Crippen molar-refractivity contribution in [2.75, 3.05) is 38.2 Å². The zero-order valence-electron chi connectivity index (χ0n) is 15.0. The van der Waals surface area contributed by atoms with Gasteiger partial charge in [0.1, 0.15) is 6.07 Å². The fraction of sp³-hybridized carbons (Fsp3) is 0.316. The quantitative estimate of drug-likeness (QED) is 0.727. The van der Waals surface area contributed by atoms with E-state index in [1.807, 2.05) is 23.6 Å². The van der Waals surface area contributed by atoms with Crippen LogP contribution in [0.15, 0.2) is 35.7 Å². The number of rotatable bonds is 5. The summed E-state index contributed by atoms with van der Waals surface area (Å²) in [5.74, 6) is -1.51. The summed E-state index contributed by atoms with van der Waals surface area (Å²) in [6.45, 7) is 3.16. The predicted octanol–water partition coefficient (Wildman–Crippen LogP) is 2.40. The number of thiophene rings is 1. The second kappa shape index (κ2) is 9.66. The number of carbonyl (C=O) groups is 2. The lowest BCUT2D eigenvalue weighted by molar-refractivity contribution is -0.136. The molecule has 0 aliphatic carbocycles. The van der Waals surface area contributed by atoms with Gasteiger partial charge in [-0.05, 0) is 29.6 Å². The van der Waals surface area contributed by atoms with Gasteiger partial charge in [-0.1, -0.05) is 17.7 Å². The molecule has 7 nitrogen and oxygen atoms in total. The van der Waals surface area contributed by atoms with Crippen LogP contribution in [0.25, 0.3) is 0 Å². The molecule has 1 aliphatic rings. The van der Waals surface area contributed by atoms with Crippen LogP contribution in [-0.2, 0) is 14.3 Å². The molecule has 2 N–H and O–H groups in total. The van der Waals surface area contributed by atoms with Gasteiger partial charge in [-0.15, -0.1) is 11.3 Å². The van der Waals surface area contributed by atoms with Crippen molar-refractivity contribution in [1.82, 2.24) is 10.2 Å². The summed E-state index contributed by atoms with van der Waals surface area (Å²) in [5, 5.41) is 16.3. The second-order valence-corrected chi connectivity index (χ2v) is 7.54. The van der Waals surface area contributed by atoms with Gasteiger partial charge in [0.15, 0.2) is 0 Å². The lowest BCUT2D eigenvalue weighted by atomic mass is 10.2. The summed E-state index contributed by atoms with van der Waals surface area (Å²) in [5.41, 5.74) is 0.653. The summed E-state index contributed by atoms with van der Waals surface area (Å²) in [6, 6.07) is 10.4. The minimum Gasteiger partial charge on any atom is -0.379 e. The topological polar surface area (TPSA) is 94.5 Å². The molecule has 0 spiro atoms. The Morgan fingerprint density at radius 2 is 2.07 bits per heavy atom. The fourth-order valence-electron chi connectivity index (χ4n) is 2.92. The van der Waals surface area contributed by atoms with Gasteiger partial charge in [-0.25, -0.2) is 0 Å². The van der Waals surface area contributed by atoms with E-state index in [1.54, 1.807) is 11.3 Å². The highest BCUT2D eigenvalue weighted by atomic mass is 35.5. The molecule has 146 valence electrons. The monoisotopic (exact) mass is 418 g/mol. The number of nitrogens with zero attached hydrogens (tertiary/aromatic N) is 2. The normalized spacial score (nSPS) is 15.4. The van der Waals surface area contributed by atoms with Gasteiger partial charge >= 0.3 is 11.8 Å². The van der Waals surface area contributed by atoms with E-state index < -0.39 is 11.8 Å².